The molecule has 0 nitrogen and oxygen atoms in total. The van der Waals surface area contributed by atoms with Crippen molar-refractivity contribution in [1.82, 2.24) is 0 Å². The Balaban J connectivity index is 2.34. The van der Waals surface area contributed by atoms with Gasteiger partial charge in [0.15, 0.2) is 0 Å². The molecule has 1 aliphatic carbocycles. The molecule has 2 heteroatoms. The fourth-order valence-electron chi connectivity index (χ4n) is 2.75. The van der Waals surface area contributed by atoms with Crippen LogP contribution in [0, 0.1) is 11.6 Å². The zero-order valence-corrected chi connectivity index (χ0v) is 10.9. The van der Waals surface area contributed by atoms with Crippen LogP contribution in [0.3, 0.4) is 0 Å². The fourth-order valence-corrected chi connectivity index (χ4v) is 2.75. The van der Waals surface area contributed by atoms with E-state index in [2.05, 4.69) is 0 Å². The third kappa shape index (κ3) is 1.88. The third-order valence-corrected chi connectivity index (χ3v) is 3.82. The van der Waals surface area contributed by atoms with Crippen molar-refractivity contribution in [2.75, 3.05) is 0 Å². The van der Waals surface area contributed by atoms with E-state index in [4.69, 9.17) is 0 Å². The highest BCUT2D eigenvalue weighted by Gasteiger charge is 2.29. The van der Waals surface area contributed by atoms with Crippen LogP contribution in [-0.2, 0) is 5.41 Å². The van der Waals surface area contributed by atoms with Crippen molar-refractivity contribution >= 4 is 12.2 Å². The first-order valence-corrected chi connectivity index (χ1v) is 6.26. The third-order valence-electron chi connectivity index (χ3n) is 3.82. The van der Waals surface area contributed by atoms with Crippen LogP contribution < -0.4 is 0 Å². The summed E-state index contributed by atoms with van der Waals surface area (Å²) in [4.78, 5) is 0. The molecule has 2 aromatic rings. The highest BCUT2D eigenvalue weighted by Crippen LogP contribution is 2.39. The highest BCUT2D eigenvalue weighted by molar-refractivity contribution is 5.77. The summed E-state index contributed by atoms with van der Waals surface area (Å²) >= 11 is 0. The van der Waals surface area contributed by atoms with E-state index in [1.54, 1.807) is 24.3 Å². The van der Waals surface area contributed by atoms with Crippen molar-refractivity contribution in [3.8, 4) is 0 Å². The Morgan fingerprint density at radius 3 is 1.58 bits per heavy atom. The fraction of sp³-hybridized carbons (Fsp3) is 0.176. The molecular weight excluding hydrogens is 242 g/mol. The standard InChI is InChI=1S/C17H14F2/c1-17(2)15-9-13(18)7-5-11(15)3-4-12-6-8-14(19)10-16(12)17/h3-10H,1-2H3. The monoisotopic (exact) mass is 256 g/mol. The summed E-state index contributed by atoms with van der Waals surface area (Å²) in [6.07, 6.45) is 3.92. The smallest absolute Gasteiger partial charge is 0.123 e. The average molecular weight is 256 g/mol. The second kappa shape index (κ2) is 4.02. The summed E-state index contributed by atoms with van der Waals surface area (Å²) in [7, 11) is 0. The molecule has 0 aromatic heterocycles. The zero-order valence-electron chi connectivity index (χ0n) is 10.9. The maximum atomic E-state index is 13.5. The van der Waals surface area contributed by atoms with Gasteiger partial charge in [-0.15, -0.1) is 0 Å². The van der Waals surface area contributed by atoms with Gasteiger partial charge in [0, 0.05) is 5.41 Å². The molecule has 2 aromatic carbocycles. The van der Waals surface area contributed by atoms with Gasteiger partial charge in [-0.25, -0.2) is 8.78 Å². The molecule has 0 N–H and O–H groups in total. The molecule has 0 spiro atoms. The van der Waals surface area contributed by atoms with Gasteiger partial charge in [0.1, 0.15) is 11.6 Å². The van der Waals surface area contributed by atoms with E-state index in [0.29, 0.717) is 0 Å². The first-order chi connectivity index (χ1) is 8.98. The van der Waals surface area contributed by atoms with Gasteiger partial charge in [-0.05, 0) is 46.5 Å². The summed E-state index contributed by atoms with van der Waals surface area (Å²) in [6.45, 7) is 3.99. The van der Waals surface area contributed by atoms with Crippen molar-refractivity contribution in [3.63, 3.8) is 0 Å². The number of rotatable bonds is 0. The predicted octanol–water partition coefficient (Wildman–Crippen LogP) is 4.77. The Hall–Kier alpha value is -1.96. The van der Waals surface area contributed by atoms with Crippen molar-refractivity contribution in [3.05, 3.63) is 70.3 Å². The minimum Gasteiger partial charge on any atom is -0.207 e. The molecule has 0 bridgehead atoms. The maximum Gasteiger partial charge on any atom is 0.123 e. The van der Waals surface area contributed by atoms with Crippen LogP contribution in [0.4, 0.5) is 8.78 Å². The largest absolute Gasteiger partial charge is 0.207 e. The lowest BCUT2D eigenvalue weighted by molar-refractivity contribution is 0.587. The van der Waals surface area contributed by atoms with E-state index in [0.717, 1.165) is 22.3 Å². The molecule has 19 heavy (non-hydrogen) atoms. The van der Waals surface area contributed by atoms with E-state index < -0.39 is 5.41 Å². The first-order valence-electron chi connectivity index (χ1n) is 6.26. The van der Waals surface area contributed by atoms with Crippen LogP contribution in [0.15, 0.2) is 36.4 Å². The van der Waals surface area contributed by atoms with E-state index in [9.17, 15) is 8.78 Å². The molecule has 0 saturated heterocycles. The Bertz CT molecular complexity index is 624. The molecule has 0 atom stereocenters. The van der Waals surface area contributed by atoms with E-state index in [1.165, 1.54) is 12.1 Å². The molecule has 0 heterocycles. The number of hydrogen-bond donors (Lipinski definition) is 0. The lowest BCUT2D eigenvalue weighted by atomic mass is 9.75. The van der Waals surface area contributed by atoms with Gasteiger partial charge in [-0.2, -0.15) is 0 Å². The second-order valence-corrected chi connectivity index (χ2v) is 5.42. The second-order valence-electron chi connectivity index (χ2n) is 5.42. The van der Waals surface area contributed by atoms with Crippen LogP contribution >= 0.6 is 0 Å². The first kappa shape index (κ1) is 12.1. The van der Waals surface area contributed by atoms with Gasteiger partial charge in [0.05, 0.1) is 0 Å². The van der Waals surface area contributed by atoms with Crippen LogP contribution in [-0.4, -0.2) is 0 Å². The molecule has 1 aliphatic rings. The van der Waals surface area contributed by atoms with Crippen molar-refractivity contribution in [1.29, 1.82) is 0 Å². The van der Waals surface area contributed by atoms with Gasteiger partial charge in [0.2, 0.25) is 0 Å². The minimum atomic E-state index is -0.432. The Morgan fingerprint density at radius 1 is 0.737 bits per heavy atom. The quantitative estimate of drug-likeness (QED) is 0.636. The van der Waals surface area contributed by atoms with Crippen LogP contribution in [0.25, 0.3) is 12.2 Å². The summed E-state index contributed by atoms with van der Waals surface area (Å²) in [5, 5.41) is 0. The SMILES string of the molecule is CC1(C)c2cc(F)ccc2C=Cc2ccc(F)cc21. The lowest BCUT2D eigenvalue weighted by Crippen LogP contribution is -2.21. The summed E-state index contributed by atoms with van der Waals surface area (Å²) in [5.41, 5.74) is 3.28. The molecule has 0 saturated carbocycles. The van der Waals surface area contributed by atoms with Crippen molar-refractivity contribution in [2.24, 2.45) is 0 Å². The maximum absolute atomic E-state index is 13.5. The van der Waals surface area contributed by atoms with Gasteiger partial charge in [-0.3, -0.25) is 0 Å². The molecule has 0 unspecified atom stereocenters. The number of benzene rings is 2. The summed E-state index contributed by atoms with van der Waals surface area (Å²) in [5.74, 6) is -0.528. The number of fused-ring (bicyclic) bond motifs is 2. The summed E-state index contributed by atoms with van der Waals surface area (Å²) in [6, 6.07) is 9.53. The van der Waals surface area contributed by atoms with Crippen LogP contribution in [0.5, 0.6) is 0 Å². The van der Waals surface area contributed by atoms with Crippen molar-refractivity contribution in [2.45, 2.75) is 19.3 Å². The van der Waals surface area contributed by atoms with Crippen molar-refractivity contribution < 1.29 is 8.78 Å². The van der Waals surface area contributed by atoms with E-state index in [-0.39, 0.29) is 11.6 Å². The molecule has 0 amide bonds. The van der Waals surface area contributed by atoms with Gasteiger partial charge >= 0.3 is 0 Å². The lowest BCUT2D eigenvalue weighted by Gasteiger charge is -2.28. The van der Waals surface area contributed by atoms with Gasteiger partial charge in [0.25, 0.3) is 0 Å². The van der Waals surface area contributed by atoms with E-state index >= 15 is 0 Å². The number of halogens is 2. The zero-order chi connectivity index (χ0) is 13.6. The minimum absolute atomic E-state index is 0.264. The molecule has 0 fully saturated rings. The van der Waals surface area contributed by atoms with Crippen LogP contribution in [0.1, 0.15) is 36.1 Å². The topological polar surface area (TPSA) is 0 Å². The van der Waals surface area contributed by atoms with E-state index in [1.807, 2.05) is 26.0 Å². The molecular formula is C17H14F2. The Labute approximate surface area is 111 Å². The molecule has 96 valence electrons. The van der Waals surface area contributed by atoms with Gasteiger partial charge < -0.3 is 0 Å². The highest BCUT2D eigenvalue weighted by atomic mass is 19.1. The molecule has 0 aliphatic heterocycles. The summed E-state index contributed by atoms with van der Waals surface area (Å²) < 4.78 is 27.1. The van der Waals surface area contributed by atoms with Gasteiger partial charge in [-0.1, -0.05) is 38.1 Å². The number of hydrogen-bond acceptors (Lipinski definition) is 0. The average Bonchev–Trinajstić information content (AvgIpc) is 2.47. The molecule has 0 radical (unpaired) electrons. The normalized spacial score (nSPS) is 15.6. The predicted molar refractivity (Wildman–Crippen MR) is 73.9 cm³/mol. The molecule has 3 rings (SSSR count). The Kier molecular flexibility index (Phi) is 2.56. The van der Waals surface area contributed by atoms with Crippen LogP contribution in [0.2, 0.25) is 0 Å². The Morgan fingerprint density at radius 2 is 1.16 bits per heavy atom.